The van der Waals surface area contributed by atoms with Crippen LogP contribution in [0.15, 0.2) is 18.5 Å². The molecule has 3 amide bonds. The number of halogens is 2. The molecule has 0 spiro atoms. The highest BCUT2D eigenvalue weighted by atomic mass is 19.3. The van der Waals surface area contributed by atoms with Crippen molar-refractivity contribution >= 4 is 23.4 Å². The van der Waals surface area contributed by atoms with Gasteiger partial charge in [-0.05, 0) is 56.6 Å². The Bertz CT molecular complexity index is 1140. The lowest BCUT2D eigenvalue weighted by Crippen LogP contribution is -2.70. The van der Waals surface area contributed by atoms with Crippen LogP contribution in [0.25, 0.3) is 0 Å². The maximum absolute atomic E-state index is 15.1. The zero-order valence-electron chi connectivity index (χ0n) is 21.5. The van der Waals surface area contributed by atoms with Crippen LogP contribution in [0.4, 0.5) is 14.5 Å². The quantitative estimate of drug-likeness (QED) is 0.452. The van der Waals surface area contributed by atoms with Gasteiger partial charge in [0.1, 0.15) is 18.1 Å². The Kier molecular flexibility index (Phi) is 7.25. The minimum Gasteiger partial charge on any atom is -0.372 e. The van der Waals surface area contributed by atoms with E-state index in [0.717, 1.165) is 18.4 Å². The molecule has 11 heteroatoms. The lowest BCUT2D eigenvalue weighted by Gasteiger charge is -2.54. The Balaban J connectivity index is 1.38. The van der Waals surface area contributed by atoms with E-state index in [-0.39, 0.29) is 24.7 Å². The van der Waals surface area contributed by atoms with Gasteiger partial charge in [0.2, 0.25) is 17.7 Å². The Morgan fingerprint density at radius 2 is 2.03 bits per heavy atom. The van der Waals surface area contributed by atoms with Gasteiger partial charge in [-0.2, -0.15) is 5.26 Å². The van der Waals surface area contributed by atoms with Crippen molar-refractivity contribution in [3.05, 3.63) is 24.0 Å². The Morgan fingerprint density at radius 1 is 1.24 bits per heavy atom. The number of amides is 3. The number of hydrogen-bond donors (Lipinski definition) is 3. The summed E-state index contributed by atoms with van der Waals surface area (Å²) >= 11 is 0. The standard InChI is InChI=1S/C27H34F2N6O3/c1-15-8-19(14-31-13-15)33-22(9-16-2-3-16)26(38)35-20-4-5-21(27(28,29)11-20)23(35)25(37)34-18(12-30)10-17-6-7-32-24(17)36/h8,13-14,16-18,20-23,33H,2-7,9-11H2,1H3,(H,32,36)(H,34,37)/t17-,18-,20-,21-,22+,23+/m1/s1. The minimum absolute atomic E-state index is 0.103. The van der Waals surface area contributed by atoms with E-state index in [0.29, 0.717) is 37.4 Å². The molecule has 4 heterocycles. The molecule has 1 aromatic rings. The normalized spacial score (nSPS) is 29.2. The van der Waals surface area contributed by atoms with Crippen LogP contribution >= 0.6 is 0 Å². The van der Waals surface area contributed by atoms with Crippen molar-refractivity contribution in [2.24, 2.45) is 17.8 Å². The van der Waals surface area contributed by atoms with Crippen molar-refractivity contribution in [3.8, 4) is 6.07 Å². The van der Waals surface area contributed by atoms with E-state index in [1.54, 1.807) is 12.4 Å². The molecule has 6 atom stereocenters. The van der Waals surface area contributed by atoms with Gasteiger partial charge in [0.25, 0.3) is 5.92 Å². The number of carbonyl (C=O) groups is 3. The Morgan fingerprint density at radius 3 is 2.66 bits per heavy atom. The zero-order valence-corrected chi connectivity index (χ0v) is 21.5. The molecule has 3 aliphatic heterocycles. The van der Waals surface area contributed by atoms with E-state index in [1.165, 1.54) is 4.90 Å². The molecule has 5 fully saturated rings. The predicted molar refractivity (Wildman–Crippen MR) is 134 cm³/mol. The number of hydrogen-bond acceptors (Lipinski definition) is 6. The fraction of sp³-hybridized carbons (Fsp3) is 0.667. The van der Waals surface area contributed by atoms with Gasteiger partial charge in [0.05, 0.1) is 17.7 Å². The highest BCUT2D eigenvalue weighted by Gasteiger charge is 2.61. The number of nitrogens with zero attached hydrogens (tertiary/aromatic N) is 3. The average molecular weight is 529 g/mol. The van der Waals surface area contributed by atoms with Crippen LogP contribution in [0.3, 0.4) is 0 Å². The van der Waals surface area contributed by atoms with Crippen LogP contribution in [0, 0.1) is 36.0 Å². The molecule has 1 aromatic heterocycles. The summed E-state index contributed by atoms with van der Waals surface area (Å²) in [6, 6.07) is 0.0408. The molecule has 2 bridgehead atoms. The molecule has 9 nitrogen and oxygen atoms in total. The van der Waals surface area contributed by atoms with Gasteiger partial charge in [-0.1, -0.05) is 12.8 Å². The monoisotopic (exact) mass is 528 g/mol. The molecule has 0 radical (unpaired) electrons. The molecule has 204 valence electrons. The fourth-order valence-corrected chi connectivity index (χ4v) is 6.30. The van der Waals surface area contributed by atoms with Gasteiger partial charge in [-0.15, -0.1) is 0 Å². The lowest BCUT2D eigenvalue weighted by atomic mass is 9.71. The van der Waals surface area contributed by atoms with Crippen LogP contribution in [0.1, 0.15) is 56.9 Å². The summed E-state index contributed by atoms with van der Waals surface area (Å²) in [6.45, 7) is 2.39. The van der Waals surface area contributed by atoms with Crippen LogP contribution in [0.2, 0.25) is 0 Å². The third-order valence-corrected chi connectivity index (χ3v) is 8.39. The van der Waals surface area contributed by atoms with Gasteiger partial charge in [0, 0.05) is 37.3 Å². The van der Waals surface area contributed by atoms with E-state index in [9.17, 15) is 19.6 Å². The number of fused-ring (bicyclic) bond motifs is 3. The topological polar surface area (TPSA) is 127 Å². The van der Waals surface area contributed by atoms with E-state index in [1.807, 2.05) is 19.1 Å². The average Bonchev–Trinajstić information content (AvgIpc) is 3.61. The molecule has 2 saturated carbocycles. The summed E-state index contributed by atoms with van der Waals surface area (Å²) in [5, 5.41) is 18.2. The summed E-state index contributed by atoms with van der Waals surface area (Å²) in [5.74, 6) is -5.77. The Hall–Kier alpha value is -3.29. The number of pyridine rings is 1. The van der Waals surface area contributed by atoms with Gasteiger partial charge in [0.15, 0.2) is 0 Å². The van der Waals surface area contributed by atoms with Crippen molar-refractivity contribution in [2.75, 3.05) is 11.9 Å². The van der Waals surface area contributed by atoms with E-state index < -0.39 is 54.3 Å². The number of nitrogens with one attached hydrogen (secondary N) is 3. The van der Waals surface area contributed by atoms with E-state index in [2.05, 4.69) is 20.9 Å². The van der Waals surface area contributed by atoms with Crippen molar-refractivity contribution in [1.29, 1.82) is 5.26 Å². The molecule has 0 aromatic carbocycles. The van der Waals surface area contributed by atoms with Crippen molar-refractivity contribution in [3.63, 3.8) is 0 Å². The first-order valence-corrected chi connectivity index (χ1v) is 13.5. The van der Waals surface area contributed by atoms with Gasteiger partial charge in [-0.3, -0.25) is 19.4 Å². The lowest BCUT2D eigenvalue weighted by molar-refractivity contribution is -0.194. The van der Waals surface area contributed by atoms with Crippen LogP contribution < -0.4 is 16.0 Å². The minimum atomic E-state index is -3.09. The number of nitriles is 1. The first kappa shape index (κ1) is 26.3. The second-order valence-electron chi connectivity index (χ2n) is 11.3. The first-order valence-electron chi connectivity index (χ1n) is 13.5. The second kappa shape index (κ2) is 10.5. The third-order valence-electron chi connectivity index (χ3n) is 8.39. The van der Waals surface area contributed by atoms with Crippen LogP contribution in [0.5, 0.6) is 0 Å². The SMILES string of the molecule is Cc1cncc(N[C@@H](CC2CC2)C(=O)N2[C@@H]3CC[C@H]([C@H]2C(=O)N[C@@H](C#N)C[C@H]2CCNC2=O)C(F)(F)C3)c1. The number of piperidine rings is 2. The summed E-state index contributed by atoms with van der Waals surface area (Å²) < 4.78 is 30.2. The summed E-state index contributed by atoms with van der Waals surface area (Å²) in [5.41, 5.74) is 1.58. The largest absolute Gasteiger partial charge is 0.372 e. The highest BCUT2D eigenvalue weighted by Crippen LogP contribution is 2.49. The molecular weight excluding hydrogens is 494 g/mol. The number of carbonyl (C=O) groups excluding carboxylic acids is 3. The smallest absolute Gasteiger partial charge is 0.255 e. The molecular formula is C27H34F2N6O3. The highest BCUT2D eigenvalue weighted by molar-refractivity contribution is 5.92. The summed E-state index contributed by atoms with van der Waals surface area (Å²) in [6.07, 6.45) is 6.59. The molecule has 2 aliphatic carbocycles. The summed E-state index contributed by atoms with van der Waals surface area (Å²) in [4.78, 5) is 45.1. The molecule has 3 N–H and O–H groups in total. The predicted octanol–water partition coefficient (Wildman–Crippen LogP) is 2.52. The number of alkyl halides is 2. The van der Waals surface area contributed by atoms with Gasteiger partial charge >= 0.3 is 0 Å². The number of aryl methyl sites for hydroxylation is 1. The zero-order chi connectivity index (χ0) is 27.0. The summed E-state index contributed by atoms with van der Waals surface area (Å²) in [7, 11) is 0. The van der Waals surface area contributed by atoms with E-state index in [4.69, 9.17) is 0 Å². The molecule has 5 aliphatic rings. The second-order valence-corrected chi connectivity index (χ2v) is 11.3. The maximum atomic E-state index is 15.1. The van der Waals surface area contributed by atoms with Gasteiger partial charge in [-0.25, -0.2) is 8.78 Å². The van der Waals surface area contributed by atoms with E-state index >= 15 is 8.78 Å². The Labute approximate surface area is 220 Å². The van der Waals surface area contributed by atoms with Crippen molar-refractivity contribution in [2.45, 2.75) is 88.4 Å². The number of aromatic nitrogens is 1. The van der Waals surface area contributed by atoms with Crippen molar-refractivity contribution < 1.29 is 23.2 Å². The third kappa shape index (κ3) is 5.45. The van der Waals surface area contributed by atoms with Crippen molar-refractivity contribution in [1.82, 2.24) is 20.5 Å². The van der Waals surface area contributed by atoms with Crippen LogP contribution in [-0.2, 0) is 14.4 Å². The first-order chi connectivity index (χ1) is 18.2. The van der Waals surface area contributed by atoms with Gasteiger partial charge < -0.3 is 20.9 Å². The molecule has 3 saturated heterocycles. The number of rotatable bonds is 9. The molecule has 38 heavy (non-hydrogen) atoms. The molecule has 0 unspecified atom stereocenters. The number of anilines is 1. The molecule has 6 rings (SSSR count). The fourth-order valence-electron chi connectivity index (χ4n) is 6.30. The maximum Gasteiger partial charge on any atom is 0.255 e. The van der Waals surface area contributed by atoms with Crippen LogP contribution in [-0.4, -0.2) is 64.2 Å².